The van der Waals surface area contributed by atoms with Crippen LogP contribution < -0.4 is 10.1 Å². The van der Waals surface area contributed by atoms with Crippen molar-refractivity contribution in [1.29, 1.82) is 0 Å². The summed E-state index contributed by atoms with van der Waals surface area (Å²) in [6.07, 6.45) is 1.72. The summed E-state index contributed by atoms with van der Waals surface area (Å²) in [6.45, 7) is 4.03. The average molecular weight is 263 g/mol. The molecule has 1 N–H and O–H groups in total. The summed E-state index contributed by atoms with van der Waals surface area (Å²) < 4.78 is 10.2. The minimum Gasteiger partial charge on any atom is -0.493 e. The molecule has 0 aromatic heterocycles. The van der Waals surface area contributed by atoms with E-state index in [1.807, 2.05) is 0 Å². The third-order valence-corrected chi connectivity index (χ3v) is 2.31. The van der Waals surface area contributed by atoms with Crippen LogP contribution in [0.25, 0.3) is 0 Å². The first-order valence-corrected chi connectivity index (χ1v) is 5.91. The molecule has 1 aromatic carbocycles. The third-order valence-electron chi connectivity index (χ3n) is 2.31. The van der Waals surface area contributed by atoms with Crippen LogP contribution in [0.15, 0.2) is 36.9 Å². The van der Waals surface area contributed by atoms with Crippen molar-refractivity contribution in [2.45, 2.75) is 6.42 Å². The Labute approximate surface area is 112 Å². The fraction of sp³-hybridized carbons (Fsp3) is 0.286. The maximum absolute atomic E-state index is 11.3. The van der Waals surface area contributed by atoms with E-state index in [1.165, 1.54) is 0 Å². The van der Waals surface area contributed by atoms with Gasteiger partial charge >= 0.3 is 5.97 Å². The smallest absolute Gasteiger partial charge is 0.330 e. The molecule has 0 radical (unpaired) electrons. The van der Waals surface area contributed by atoms with Crippen LogP contribution >= 0.6 is 0 Å². The van der Waals surface area contributed by atoms with Crippen LogP contribution in [0.5, 0.6) is 5.75 Å². The van der Waals surface area contributed by atoms with Crippen molar-refractivity contribution in [3.63, 3.8) is 0 Å². The summed E-state index contributed by atoms with van der Waals surface area (Å²) in [7, 11) is 1.58. The molecule has 19 heavy (non-hydrogen) atoms. The molecule has 5 nitrogen and oxygen atoms in total. The molecule has 0 aliphatic carbocycles. The minimum absolute atomic E-state index is 0.136. The highest BCUT2D eigenvalue weighted by atomic mass is 16.5. The van der Waals surface area contributed by atoms with Crippen LogP contribution in [-0.2, 0) is 9.53 Å². The molecule has 0 bridgehead atoms. The van der Waals surface area contributed by atoms with Crippen molar-refractivity contribution in [2.24, 2.45) is 0 Å². The van der Waals surface area contributed by atoms with E-state index in [2.05, 4.69) is 11.9 Å². The van der Waals surface area contributed by atoms with Gasteiger partial charge < -0.3 is 14.8 Å². The first-order valence-electron chi connectivity index (χ1n) is 5.91. The molecule has 0 aliphatic rings. The van der Waals surface area contributed by atoms with Gasteiger partial charge in [0.25, 0.3) is 5.91 Å². The fourth-order valence-corrected chi connectivity index (χ4v) is 1.33. The summed E-state index contributed by atoms with van der Waals surface area (Å²) in [5.74, 6) is 0.0977. The number of ether oxygens (including phenoxy) is 2. The number of rotatable bonds is 7. The highest BCUT2D eigenvalue weighted by Gasteiger charge is 2.02. The van der Waals surface area contributed by atoms with E-state index >= 15 is 0 Å². The van der Waals surface area contributed by atoms with Gasteiger partial charge in [-0.25, -0.2) is 4.79 Å². The van der Waals surface area contributed by atoms with E-state index in [9.17, 15) is 9.59 Å². The molecule has 0 aliphatic heterocycles. The largest absolute Gasteiger partial charge is 0.493 e. The molecule has 0 atom stereocenters. The van der Waals surface area contributed by atoms with Gasteiger partial charge in [0.15, 0.2) is 0 Å². The van der Waals surface area contributed by atoms with Crippen LogP contribution in [0.4, 0.5) is 0 Å². The lowest BCUT2D eigenvalue weighted by Crippen LogP contribution is -2.17. The zero-order chi connectivity index (χ0) is 14.1. The van der Waals surface area contributed by atoms with Crippen LogP contribution in [0.1, 0.15) is 16.8 Å². The van der Waals surface area contributed by atoms with Crippen LogP contribution in [0.2, 0.25) is 0 Å². The molecule has 0 saturated carbocycles. The number of amides is 1. The van der Waals surface area contributed by atoms with Gasteiger partial charge in [0, 0.05) is 25.1 Å². The van der Waals surface area contributed by atoms with Crippen LogP contribution in [-0.4, -0.2) is 32.1 Å². The van der Waals surface area contributed by atoms with Crippen LogP contribution in [0.3, 0.4) is 0 Å². The van der Waals surface area contributed by atoms with Crippen molar-refractivity contribution in [2.75, 3.05) is 20.3 Å². The van der Waals surface area contributed by atoms with E-state index in [0.29, 0.717) is 30.9 Å². The first kappa shape index (κ1) is 14.8. The predicted molar refractivity (Wildman–Crippen MR) is 71.1 cm³/mol. The Morgan fingerprint density at radius 3 is 2.53 bits per heavy atom. The van der Waals surface area contributed by atoms with E-state index in [-0.39, 0.29) is 5.91 Å². The number of benzene rings is 1. The lowest BCUT2D eigenvalue weighted by Gasteiger charge is -2.07. The summed E-state index contributed by atoms with van der Waals surface area (Å²) in [5.41, 5.74) is 0.578. The fourth-order valence-electron chi connectivity index (χ4n) is 1.33. The van der Waals surface area contributed by atoms with Gasteiger partial charge in [-0.3, -0.25) is 4.79 Å². The normalized spacial score (nSPS) is 9.53. The van der Waals surface area contributed by atoms with Crippen molar-refractivity contribution in [3.8, 4) is 5.75 Å². The van der Waals surface area contributed by atoms with E-state index in [1.54, 1.807) is 31.3 Å². The summed E-state index contributed by atoms with van der Waals surface area (Å²) in [4.78, 5) is 22.1. The van der Waals surface area contributed by atoms with Gasteiger partial charge in [0.05, 0.1) is 13.2 Å². The van der Waals surface area contributed by atoms with Crippen molar-refractivity contribution in [3.05, 3.63) is 42.5 Å². The number of carbonyl (C=O) groups excluding carboxylic acids is 2. The summed E-state index contributed by atoms with van der Waals surface area (Å²) in [6, 6.07) is 6.82. The Hall–Kier alpha value is -2.30. The highest BCUT2D eigenvalue weighted by molar-refractivity contribution is 5.94. The second-order valence-corrected chi connectivity index (χ2v) is 3.68. The zero-order valence-corrected chi connectivity index (χ0v) is 10.8. The molecular formula is C14H17NO4. The SMILES string of the molecule is C=CC(=O)OCCCOc1ccc(C(=O)NC)cc1. The number of esters is 1. The molecule has 5 heteroatoms. The number of carbonyl (C=O) groups is 2. The van der Waals surface area contributed by atoms with Gasteiger partial charge in [-0.05, 0) is 24.3 Å². The summed E-state index contributed by atoms with van der Waals surface area (Å²) in [5, 5.41) is 2.54. The average Bonchev–Trinajstić information content (AvgIpc) is 2.46. The maximum atomic E-state index is 11.3. The Kier molecular flexibility index (Phi) is 6.15. The Morgan fingerprint density at radius 1 is 1.26 bits per heavy atom. The topological polar surface area (TPSA) is 64.6 Å². The number of nitrogens with one attached hydrogen (secondary N) is 1. The van der Waals surface area contributed by atoms with Crippen molar-refractivity contribution < 1.29 is 19.1 Å². The minimum atomic E-state index is -0.435. The monoisotopic (exact) mass is 263 g/mol. The molecule has 102 valence electrons. The van der Waals surface area contributed by atoms with Crippen molar-refractivity contribution >= 4 is 11.9 Å². The third kappa shape index (κ3) is 5.25. The quantitative estimate of drug-likeness (QED) is 0.460. The van der Waals surface area contributed by atoms with E-state index in [4.69, 9.17) is 9.47 Å². The van der Waals surface area contributed by atoms with Crippen molar-refractivity contribution in [1.82, 2.24) is 5.32 Å². The molecule has 1 aromatic rings. The van der Waals surface area contributed by atoms with Gasteiger partial charge in [0.1, 0.15) is 5.75 Å². The highest BCUT2D eigenvalue weighted by Crippen LogP contribution is 2.12. The molecule has 0 saturated heterocycles. The number of hydrogen-bond acceptors (Lipinski definition) is 4. The van der Waals surface area contributed by atoms with Crippen LogP contribution in [0, 0.1) is 0 Å². The second kappa shape index (κ2) is 7.92. The van der Waals surface area contributed by atoms with Gasteiger partial charge in [-0.15, -0.1) is 0 Å². The molecular weight excluding hydrogens is 246 g/mol. The Bertz CT molecular complexity index is 439. The lowest BCUT2D eigenvalue weighted by molar-refractivity contribution is -0.137. The maximum Gasteiger partial charge on any atom is 0.330 e. The number of hydrogen-bond donors (Lipinski definition) is 1. The molecule has 0 spiro atoms. The molecule has 1 amide bonds. The molecule has 1 rings (SSSR count). The molecule has 0 fully saturated rings. The molecule has 0 unspecified atom stereocenters. The predicted octanol–water partition coefficient (Wildman–Crippen LogP) is 1.54. The summed E-state index contributed by atoms with van der Waals surface area (Å²) >= 11 is 0. The second-order valence-electron chi connectivity index (χ2n) is 3.68. The van der Waals surface area contributed by atoms with E-state index in [0.717, 1.165) is 6.08 Å². The standard InChI is InChI=1S/C14H17NO4/c1-3-13(16)19-10-4-9-18-12-7-5-11(6-8-12)14(17)15-2/h3,5-8H,1,4,9-10H2,2H3,(H,15,17). The van der Waals surface area contributed by atoms with E-state index < -0.39 is 5.97 Å². The zero-order valence-electron chi connectivity index (χ0n) is 10.8. The Balaban J connectivity index is 2.28. The van der Waals surface area contributed by atoms with Gasteiger partial charge in [0.2, 0.25) is 0 Å². The van der Waals surface area contributed by atoms with Gasteiger partial charge in [-0.2, -0.15) is 0 Å². The van der Waals surface area contributed by atoms with Gasteiger partial charge in [-0.1, -0.05) is 6.58 Å². The Morgan fingerprint density at radius 2 is 1.95 bits per heavy atom. The lowest BCUT2D eigenvalue weighted by atomic mass is 10.2. The first-order chi connectivity index (χ1) is 9.17. The molecule has 0 heterocycles.